The highest BCUT2D eigenvalue weighted by atomic mass is 32.2. The Kier molecular flexibility index (Phi) is 4.71. The maximum atomic E-state index is 13.1. The molecule has 0 radical (unpaired) electrons. The van der Waals surface area contributed by atoms with E-state index in [-0.39, 0.29) is 22.5 Å². The molecule has 7 nitrogen and oxygen atoms in total. The topological polar surface area (TPSA) is 88.1 Å². The molecule has 2 aliphatic rings. The first-order valence-electron chi connectivity index (χ1n) is 10.2. The number of nitrogens with one attached hydrogen (secondary N) is 2. The SMILES string of the molecule is CC1=Nc2c(c(=O)[nH]n2[C@@H]2CCOC(C)(C)C2)[C@@H](c2cn[nH]c2-c2ccccc2)S1. The minimum absolute atomic E-state index is 0.0803. The van der Waals surface area contributed by atoms with Crippen molar-refractivity contribution in [2.24, 2.45) is 4.99 Å². The van der Waals surface area contributed by atoms with Gasteiger partial charge in [0, 0.05) is 12.2 Å². The molecule has 0 saturated carbocycles. The first-order chi connectivity index (χ1) is 14.4. The quantitative estimate of drug-likeness (QED) is 0.645. The van der Waals surface area contributed by atoms with Crippen molar-refractivity contribution in [3.63, 3.8) is 0 Å². The number of hydrogen-bond acceptors (Lipinski definition) is 5. The lowest BCUT2D eigenvalue weighted by Crippen LogP contribution is -2.35. The fraction of sp³-hybridized carbons (Fsp3) is 0.409. The summed E-state index contributed by atoms with van der Waals surface area (Å²) in [6.07, 6.45) is 3.52. The van der Waals surface area contributed by atoms with Crippen LogP contribution in [0.5, 0.6) is 0 Å². The van der Waals surface area contributed by atoms with E-state index >= 15 is 0 Å². The van der Waals surface area contributed by atoms with Crippen LogP contribution in [0.3, 0.4) is 0 Å². The Balaban J connectivity index is 1.61. The molecule has 2 N–H and O–H groups in total. The predicted octanol–water partition coefficient (Wildman–Crippen LogP) is 4.58. The van der Waals surface area contributed by atoms with Crippen molar-refractivity contribution in [3.05, 3.63) is 58.0 Å². The highest BCUT2D eigenvalue weighted by Crippen LogP contribution is 2.47. The third-order valence-corrected chi connectivity index (χ3v) is 6.96. The van der Waals surface area contributed by atoms with Gasteiger partial charge in [0.05, 0.1) is 39.4 Å². The zero-order chi connectivity index (χ0) is 20.9. The molecular weight excluding hydrogens is 398 g/mol. The van der Waals surface area contributed by atoms with Gasteiger partial charge in [-0.1, -0.05) is 42.1 Å². The van der Waals surface area contributed by atoms with Gasteiger partial charge in [-0.25, -0.2) is 4.99 Å². The first-order valence-corrected chi connectivity index (χ1v) is 11.1. The maximum absolute atomic E-state index is 13.1. The summed E-state index contributed by atoms with van der Waals surface area (Å²) in [4.78, 5) is 17.9. The van der Waals surface area contributed by atoms with Crippen molar-refractivity contribution in [3.8, 4) is 11.3 Å². The van der Waals surface area contributed by atoms with Gasteiger partial charge >= 0.3 is 0 Å². The molecule has 156 valence electrons. The lowest BCUT2D eigenvalue weighted by Gasteiger charge is -2.36. The lowest BCUT2D eigenvalue weighted by molar-refractivity contribution is -0.0705. The Hall–Kier alpha value is -2.58. The van der Waals surface area contributed by atoms with Crippen LogP contribution in [0.15, 0.2) is 46.3 Å². The van der Waals surface area contributed by atoms with Crippen LogP contribution in [0.25, 0.3) is 11.3 Å². The number of rotatable bonds is 3. The molecule has 0 bridgehead atoms. The third kappa shape index (κ3) is 3.33. The van der Waals surface area contributed by atoms with E-state index in [4.69, 9.17) is 9.73 Å². The van der Waals surface area contributed by atoms with Crippen LogP contribution >= 0.6 is 11.8 Å². The summed E-state index contributed by atoms with van der Waals surface area (Å²) in [5.41, 5.74) is 3.39. The summed E-state index contributed by atoms with van der Waals surface area (Å²) in [5, 5.41) is 11.3. The van der Waals surface area contributed by atoms with Gasteiger partial charge in [0.2, 0.25) is 0 Å². The average Bonchev–Trinajstić information content (AvgIpc) is 3.32. The van der Waals surface area contributed by atoms with Crippen molar-refractivity contribution in [1.82, 2.24) is 20.0 Å². The summed E-state index contributed by atoms with van der Waals surface area (Å²) in [6, 6.07) is 10.2. The van der Waals surface area contributed by atoms with E-state index in [0.29, 0.717) is 12.2 Å². The Morgan fingerprint density at radius 2 is 2.07 bits per heavy atom. The van der Waals surface area contributed by atoms with Crippen LogP contribution in [-0.2, 0) is 4.74 Å². The predicted molar refractivity (Wildman–Crippen MR) is 120 cm³/mol. The van der Waals surface area contributed by atoms with Crippen molar-refractivity contribution >= 4 is 22.6 Å². The number of hydrogen-bond donors (Lipinski definition) is 2. The number of benzene rings is 1. The zero-order valence-corrected chi connectivity index (χ0v) is 18.1. The van der Waals surface area contributed by atoms with E-state index in [1.807, 2.05) is 48.1 Å². The van der Waals surface area contributed by atoms with Gasteiger partial charge < -0.3 is 4.74 Å². The van der Waals surface area contributed by atoms with E-state index in [0.717, 1.165) is 40.5 Å². The molecule has 4 heterocycles. The zero-order valence-electron chi connectivity index (χ0n) is 17.3. The Labute approximate surface area is 178 Å². The van der Waals surface area contributed by atoms with E-state index < -0.39 is 0 Å². The highest BCUT2D eigenvalue weighted by molar-refractivity contribution is 8.14. The molecule has 2 aromatic heterocycles. The standard InChI is InChI=1S/C22H25N5O2S/c1-13-24-20-17(21(28)26-27(20)15-9-10-29-22(2,3)11-15)19(30-13)16-12-23-25-18(16)14-7-5-4-6-8-14/h4-8,12,15,19H,9-11H2,1-3H3,(H,23,25)(H,26,28)/t15-,19-/m1/s1. The van der Waals surface area contributed by atoms with Crippen molar-refractivity contribution < 1.29 is 4.74 Å². The molecule has 3 aromatic rings. The number of aromatic amines is 2. The lowest BCUT2D eigenvalue weighted by atomic mass is 9.94. The molecule has 5 rings (SSSR count). The highest BCUT2D eigenvalue weighted by Gasteiger charge is 2.36. The van der Waals surface area contributed by atoms with Crippen molar-refractivity contribution in [2.45, 2.75) is 50.5 Å². The molecule has 0 spiro atoms. The van der Waals surface area contributed by atoms with Crippen LogP contribution in [0.2, 0.25) is 0 Å². The minimum Gasteiger partial charge on any atom is -0.375 e. The molecule has 1 fully saturated rings. The summed E-state index contributed by atoms with van der Waals surface area (Å²) in [7, 11) is 0. The number of nitrogens with zero attached hydrogens (tertiary/aromatic N) is 3. The van der Waals surface area contributed by atoms with E-state index in [2.05, 4.69) is 29.1 Å². The Morgan fingerprint density at radius 3 is 2.83 bits per heavy atom. The molecule has 0 aliphatic carbocycles. The molecule has 1 aromatic carbocycles. The molecular formula is C22H25N5O2S. The summed E-state index contributed by atoms with van der Waals surface area (Å²) in [6.45, 7) is 6.86. The molecule has 1 saturated heterocycles. The Bertz CT molecular complexity index is 1160. The molecule has 0 amide bonds. The van der Waals surface area contributed by atoms with Gasteiger partial charge in [-0.2, -0.15) is 5.10 Å². The van der Waals surface area contributed by atoms with Gasteiger partial charge in [-0.15, -0.1) is 0 Å². The summed E-state index contributed by atoms with van der Waals surface area (Å²) >= 11 is 1.60. The number of ether oxygens (including phenoxy) is 1. The van der Waals surface area contributed by atoms with Crippen LogP contribution in [0.4, 0.5) is 5.82 Å². The number of thioether (sulfide) groups is 1. The van der Waals surface area contributed by atoms with E-state index in [1.165, 1.54) is 0 Å². The van der Waals surface area contributed by atoms with Crippen LogP contribution in [0.1, 0.15) is 56.0 Å². The van der Waals surface area contributed by atoms with Crippen molar-refractivity contribution in [2.75, 3.05) is 6.61 Å². The second-order valence-electron chi connectivity index (χ2n) is 8.50. The minimum atomic E-state index is -0.219. The van der Waals surface area contributed by atoms with Crippen LogP contribution in [0, 0.1) is 0 Å². The second kappa shape index (κ2) is 7.28. The van der Waals surface area contributed by atoms with E-state index in [9.17, 15) is 4.79 Å². The molecule has 30 heavy (non-hydrogen) atoms. The maximum Gasteiger partial charge on any atom is 0.271 e. The second-order valence-corrected chi connectivity index (χ2v) is 9.80. The third-order valence-electron chi connectivity index (χ3n) is 5.80. The molecule has 2 aliphatic heterocycles. The van der Waals surface area contributed by atoms with Crippen molar-refractivity contribution in [1.29, 1.82) is 0 Å². The van der Waals surface area contributed by atoms with Gasteiger partial charge in [-0.3, -0.25) is 19.7 Å². The van der Waals surface area contributed by atoms with E-state index in [1.54, 1.807) is 11.8 Å². The van der Waals surface area contributed by atoms with Gasteiger partial charge in [0.25, 0.3) is 5.56 Å². The summed E-state index contributed by atoms with van der Waals surface area (Å²) < 4.78 is 7.85. The number of H-pyrrole nitrogens is 2. The summed E-state index contributed by atoms with van der Waals surface area (Å²) in [5.74, 6) is 0.740. The van der Waals surface area contributed by atoms with Gasteiger partial charge in [0.15, 0.2) is 5.82 Å². The molecule has 0 unspecified atom stereocenters. The normalized spacial score (nSPS) is 23.1. The monoisotopic (exact) mass is 423 g/mol. The first kappa shape index (κ1) is 19.4. The van der Waals surface area contributed by atoms with Crippen LogP contribution in [-0.4, -0.2) is 37.2 Å². The number of fused-ring (bicyclic) bond motifs is 1. The molecule has 2 atom stereocenters. The number of aliphatic imine (C=N–C) groups is 1. The largest absolute Gasteiger partial charge is 0.375 e. The van der Waals surface area contributed by atoms with Gasteiger partial charge in [0.1, 0.15) is 0 Å². The number of aromatic nitrogens is 4. The smallest absolute Gasteiger partial charge is 0.271 e. The Morgan fingerprint density at radius 1 is 1.27 bits per heavy atom. The van der Waals surface area contributed by atoms with Gasteiger partial charge in [-0.05, 0) is 39.2 Å². The fourth-order valence-corrected chi connectivity index (χ4v) is 5.56. The van der Waals surface area contributed by atoms with Crippen LogP contribution < -0.4 is 5.56 Å². The molecule has 8 heteroatoms. The fourth-order valence-electron chi connectivity index (χ4n) is 4.44. The average molecular weight is 424 g/mol.